The number of nitrogens with zero attached hydrogens (tertiary/aromatic N) is 2. The first-order chi connectivity index (χ1) is 19.1. The van der Waals surface area contributed by atoms with E-state index in [1.54, 1.807) is 53.8 Å². The third kappa shape index (κ3) is 6.50. The molecule has 1 saturated heterocycles. The lowest BCUT2D eigenvalue weighted by Crippen LogP contribution is -2.57. The fourth-order valence-corrected chi connectivity index (χ4v) is 5.16. The quantitative estimate of drug-likeness (QED) is 0.443. The van der Waals surface area contributed by atoms with E-state index < -0.39 is 40.6 Å². The molecule has 3 N–H and O–H groups in total. The first-order valence-electron chi connectivity index (χ1n) is 13.4. The van der Waals surface area contributed by atoms with E-state index in [9.17, 15) is 24.0 Å². The summed E-state index contributed by atoms with van der Waals surface area (Å²) in [6.45, 7) is 8.19. The van der Waals surface area contributed by atoms with Gasteiger partial charge in [0.1, 0.15) is 23.2 Å². The van der Waals surface area contributed by atoms with Gasteiger partial charge in [-0.05, 0) is 63.4 Å². The van der Waals surface area contributed by atoms with E-state index in [-0.39, 0.29) is 19.0 Å². The number of amides is 6. The number of nitrogens with one attached hydrogen (secondary N) is 3. The molecule has 0 bridgehead atoms. The fourth-order valence-electron chi connectivity index (χ4n) is 5.16. The summed E-state index contributed by atoms with van der Waals surface area (Å²) in [5.41, 5.74) is 0.0528. The van der Waals surface area contributed by atoms with Gasteiger partial charge in [-0.15, -0.1) is 0 Å². The van der Waals surface area contributed by atoms with Crippen molar-refractivity contribution in [2.45, 2.75) is 70.7 Å². The molecule has 11 nitrogen and oxygen atoms in total. The number of urea groups is 1. The largest absolute Gasteiger partial charge is 0.444 e. The van der Waals surface area contributed by atoms with E-state index in [4.69, 9.17) is 4.74 Å². The summed E-state index contributed by atoms with van der Waals surface area (Å²) in [7, 11) is 1.60. The van der Waals surface area contributed by atoms with Crippen LogP contribution in [0.15, 0.2) is 48.5 Å². The standard InChI is InChI=1S/C30H37N5O6/c1-28(2,3)41-27(40)33-29(4,5)25(38)35(17-19-10-8-7-9-11-19)18-23(36)31-22-13-12-20-15-30(16-21(20)14-22)24(37)32-26(39)34(30)6/h7-14H,15-18H2,1-6H3,(H,31,36)(H,33,40)(H,32,37,39). The predicted molar refractivity (Wildman–Crippen MR) is 152 cm³/mol. The number of carbonyl (C=O) groups excluding carboxylic acids is 5. The van der Waals surface area contributed by atoms with Crippen LogP contribution in [0.3, 0.4) is 0 Å². The Hall–Kier alpha value is -4.41. The van der Waals surface area contributed by atoms with E-state index in [1.165, 1.54) is 9.80 Å². The third-order valence-electron chi connectivity index (χ3n) is 7.23. The van der Waals surface area contributed by atoms with Crippen molar-refractivity contribution in [3.63, 3.8) is 0 Å². The van der Waals surface area contributed by atoms with Crippen LogP contribution in [0.25, 0.3) is 0 Å². The normalized spacial score (nSPS) is 18.1. The summed E-state index contributed by atoms with van der Waals surface area (Å²) < 4.78 is 5.33. The van der Waals surface area contributed by atoms with Crippen molar-refractivity contribution in [2.24, 2.45) is 0 Å². The van der Waals surface area contributed by atoms with Crippen molar-refractivity contribution < 1.29 is 28.7 Å². The molecule has 2 aromatic rings. The molecule has 41 heavy (non-hydrogen) atoms. The van der Waals surface area contributed by atoms with Crippen LogP contribution in [-0.4, -0.2) is 69.9 Å². The van der Waals surface area contributed by atoms with Gasteiger partial charge < -0.3 is 25.2 Å². The zero-order valence-corrected chi connectivity index (χ0v) is 24.3. The minimum Gasteiger partial charge on any atom is -0.444 e. The van der Waals surface area contributed by atoms with Gasteiger partial charge in [-0.2, -0.15) is 0 Å². The Bertz CT molecular complexity index is 1380. The molecular formula is C30H37N5O6. The van der Waals surface area contributed by atoms with Gasteiger partial charge in [0.05, 0.1) is 0 Å². The topological polar surface area (TPSA) is 137 Å². The summed E-state index contributed by atoms with van der Waals surface area (Å²) >= 11 is 0. The van der Waals surface area contributed by atoms with Gasteiger partial charge in [0, 0.05) is 32.1 Å². The number of carbonyl (C=O) groups is 5. The Kier molecular flexibility index (Phi) is 7.84. The molecular weight excluding hydrogens is 526 g/mol. The number of likely N-dealkylation sites (N-methyl/N-ethyl adjacent to an activating group) is 1. The average Bonchev–Trinajstić information content (AvgIpc) is 3.35. The lowest BCUT2D eigenvalue weighted by atomic mass is 9.95. The van der Waals surface area contributed by atoms with Crippen LogP contribution in [0.4, 0.5) is 15.3 Å². The molecule has 1 aliphatic heterocycles. The lowest BCUT2D eigenvalue weighted by molar-refractivity contribution is -0.140. The van der Waals surface area contributed by atoms with Crippen LogP contribution in [0, 0.1) is 0 Å². The Balaban J connectivity index is 1.48. The smallest absolute Gasteiger partial charge is 0.408 e. The molecule has 1 atom stereocenters. The Morgan fingerprint density at radius 1 is 1.00 bits per heavy atom. The zero-order valence-electron chi connectivity index (χ0n) is 24.3. The minimum atomic E-state index is -1.36. The van der Waals surface area contributed by atoms with Crippen LogP contribution in [-0.2, 0) is 38.5 Å². The second-order valence-corrected chi connectivity index (χ2v) is 12.1. The van der Waals surface area contributed by atoms with E-state index in [2.05, 4.69) is 16.0 Å². The van der Waals surface area contributed by atoms with E-state index in [0.29, 0.717) is 18.5 Å². The molecule has 0 radical (unpaired) electrons. The van der Waals surface area contributed by atoms with Crippen LogP contribution in [0.2, 0.25) is 0 Å². The monoisotopic (exact) mass is 563 g/mol. The first-order valence-corrected chi connectivity index (χ1v) is 13.4. The molecule has 1 heterocycles. The SMILES string of the molecule is CN1C(=O)NC(=O)C12Cc1ccc(NC(=O)CN(Cc3ccccc3)C(=O)C(C)(C)NC(=O)OC(C)(C)C)cc1C2. The third-order valence-corrected chi connectivity index (χ3v) is 7.23. The van der Waals surface area contributed by atoms with Gasteiger partial charge in [0.25, 0.3) is 5.91 Å². The summed E-state index contributed by atoms with van der Waals surface area (Å²) in [6, 6.07) is 14.2. The van der Waals surface area contributed by atoms with E-state index in [1.807, 2.05) is 36.4 Å². The summed E-state index contributed by atoms with van der Waals surface area (Å²) in [5.74, 6) is -1.22. The Morgan fingerprint density at radius 3 is 2.27 bits per heavy atom. The van der Waals surface area contributed by atoms with Crippen LogP contribution < -0.4 is 16.0 Å². The molecule has 218 valence electrons. The van der Waals surface area contributed by atoms with Crippen molar-refractivity contribution >= 4 is 35.5 Å². The summed E-state index contributed by atoms with van der Waals surface area (Å²) in [4.78, 5) is 66.8. The number of alkyl carbamates (subject to hydrolysis) is 1. The minimum absolute atomic E-state index is 0.148. The molecule has 0 saturated carbocycles. The highest BCUT2D eigenvalue weighted by molar-refractivity contribution is 6.07. The maximum Gasteiger partial charge on any atom is 0.408 e. The van der Waals surface area contributed by atoms with Gasteiger partial charge in [-0.25, -0.2) is 9.59 Å². The Morgan fingerprint density at radius 2 is 1.66 bits per heavy atom. The molecule has 2 aliphatic rings. The number of anilines is 1. The van der Waals surface area contributed by atoms with Crippen LogP contribution >= 0.6 is 0 Å². The number of imide groups is 1. The van der Waals surface area contributed by atoms with Crippen LogP contribution in [0.5, 0.6) is 0 Å². The lowest BCUT2D eigenvalue weighted by Gasteiger charge is -2.33. The van der Waals surface area contributed by atoms with Crippen LogP contribution in [0.1, 0.15) is 51.3 Å². The second kappa shape index (κ2) is 10.9. The molecule has 4 rings (SSSR count). The zero-order chi connectivity index (χ0) is 30.2. The summed E-state index contributed by atoms with van der Waals surface area (Å²) in [6.07, 6.45) is -0.00774. The van der Waals surface area contributed by atoms with Gasteiger partial charge in [0.2, 0.25) is 11.8 Å². The number of hydrogen-bond donors (Lipinski definition) is 3. The van der Waals surface area contributed by atoms with Crippen molar-refractivity contribution in [1.29, 1.82) is 0 Å². The van der Waals surface area contributed by atoms with Gasteiger partial charge in [-0.1, -0.05) is 36.4 Å². The number of hydrogen-bond acceptors (Lipinski definition) is 6. The number of ether oxygens (including phenoxy) is 1. The highest BCUT2D eigenvalue weighted by Crippen LogP contribution is 2.38. The molecule has 11 heteroatoms. The van der Waals surface area contributed by atoms with E-state index >= 15 is 0 Å². The maximum absolute atomic E-state index is 13.6. The van der Waals surface area contributed by atoms with Crippen molar-refractivity contribution in [1.82, 2.24) is 20.4 Å². The number of rotatable bonds is 7. The van der Waals surface area contributed by atoms with Crippen molar-refractivity contribution in [3.8, 4) is 0 Å². The van der Waals surface area contributed by atoms with Gasteiger partial charge in [-0.3, -0.25) is 19.7 Å². The predicted octanol–water partition coefficient (Wildman–Crippen LogP) is 2.98. The first kappa shape index (κ1) is 29.6. The molecule has 6 amide bonds. The molecule has 1 unspecified atom stereocenters. The van der Waals surface area contributed by atoms with Gasteiger partial charge in [0.15, 0.2) is 0 Å². The number of fused-ring (bicyclic) bond motifs is 1. The molecule has 1 spiro atoms. The summed E-state index contributed by atoms with van der Waals surface area (Å²) in [5, 5.41) is 7.84. The average molecular weight is 564 g/mol. The number of benzene rings is 2. The van der Waals surface area contributed by atoms with Crippen molar-refractivity contribution in [3.05, 3.63) is 65.2 Å². The second-order valence-electron chi connectivity index (χ2n) is 12.1. The molecule has 1 aliphatic carbocycles. The highest BCUT2D eigenvalue weighted by Gasteiger charge is 2.54. The van der Waals surface area contributed by atoms with E-state index in [0.717, 1.165) is 16.7 Å². The van der Waals surface area contributed by atoms with Gasteiger partial charge >= 0.3 is 12.1 Å². The molecule has 2 aromatic carbocycles. The molecule has 1 fully saturated rings. The fraction of sp³-hybridized carbons (Fsp3) is 0.433. The highest BCUT2D eigenvalue weighted by atomic mass is 16.6. The van der Waals surface area contributed by atoms with Crippen molar-refractivity contribution in [2.75, 3.05) is 18.9 Å². The molecule has 0 aromatic heterocycles. The Labute approximate surface area is 239 Å². The maximum atomic E-state index is 13.6.